The summed E-state index contributed by atoms with van der Waals surface area (Å²) in [5, 5.41) is 3.19. The predicted octanol–water partition coefficient (Wildman–Crippen LogP) is 3.05. The molecule has 2 aliphatic carbocycles. The summed E-state index contributed by atoms with van der Waals surface area (Å²) in [5.74, 6) is 0.706. The maximum Gasteiger partial charge on any atom is 0.326 e. The normalized spacial score (nSPS) is 36.6. The van der Waals surface area contributed by atoms with Gasteiger partial charge in [-0.3, -0.25) is 4.79 Å². The lowest BCUT2D eigenvalue weighted by Gasteiger charge is -2.31. The predicted molar refractivity (Wildman–Crippen MR) is 83.2 cm³/mol. The van der Waals surface area contributed by atoms with Crippen molar-refractivity contribution in [3.8, 4) is 0 Å². The third-order valence-electron chi connectivity index (χ3n) is 5.31. The number of nitrogens with one attached hydrogen (secondary N) is 1. The molecule has 4 nitrogen and oxygen atoms in total. The topological polar surface area (TPSA) is 47.6 Å². The van der Waals surface area contributed by atoms with E-state index < -0.39 is 5.54 Å². The van der Waals surface area contributed by atoms with Gasteiger partial charge >= 0.3 is 5.97 Å². The van der Waals surface area contributed by atoms with Crippen LogP contribution in [0.25, 0.3) is 0 Å². The fraction of sp³-hybridized carbons (Fsp3) is 0.941. The molecule has 0 aliphatic heterocycles. The van der Waals surface area contributed by atoms with Crippen molar-refractivity contribution in [2.24, 2.45) is 5.92 Å². The lowest BCUT2D eigenvalue weighted by molar-refractivity contribution is -0.151. The van der Waals surface area contributed by atoms with Gasteiger partial charge in [0, 0.05) is 6.42 Å². The Bertz CT molecular complexity index is 347. The Hall–Kier alpha value is -0.610. The van der Waals surface area contributed by atoms with Crippen molar-refractivity contribution in [1.29, 1.82) is 0 Å². The first kappa shape index (κ1) is 16.8. The highest BCUT2D eigenvalue weighted by molar-refractivity contribution is 5.81. The second-order valence-electron chi connectivity index (χ2n) is 6.62. The fourth-order valence-electron chi connectivity index (χ4n) is 3.91. The van der Waals surface area contributed by atoms with Crippen molar-refractivity contribution in [2.45, 2.75) is 83.0 Å². The van der Waals surface area contributed by atoms with Crippen molar-refractivity contribution >= 4 is 5.97 Å². The molecule has 0 aromatic rings. The van der Waals surface area contributed by atoms with Crippen LogP contribution in [-0.2, 0) is 14.3 Å². The zero-order valence-electron chi connectivity index (χ0n) is 13.8. The van der Waals surface area contributed by atoms with Crippen LogP contribution in [0.2, 0.25) is 0 Å². The average Bonchev–Trinajstić information content (AvgIpc) is 2.92. The highest BCUT2D eigenvalue weighted by Gasteiger charge is 2.46. The van der Waals surface area contributed by atoms with E-state index in [-0.39, 0.29) is 12.1 Å². The Balaban J connectivity index is 1.87. The van der Waals surface area contributed by atoms with E-state index >= 15 is 0 Å². The van der Waals surface area contributed by atoms with Gasteiger partial charge in [0.2, 0.25) is 0 Å². The van der Waals surface area contributed by atoms with Crippen LogP contribution in [0.5, 0.6) is 0 Å². The number of ether oxygens (including phenoxy) is 2. The van der Waals surface area contributed by atoms with E-state index in [2.05, 4.69) is 12.2 Å². The molecule has 0 spiro atoms. The highest BCUT2D eigenvalue weighted by Crippen LogP contribution is 2.36. The molecular weight excluding hydrogens is 266 g/mol. The van der Waals surface area contributed by atoms with Gasteiger partial charge < -0.3 is 14.8 Å². The Morgan fingerprint density at radius 1 is 1.24 bits per heavy atom. The number of rotatable bonds is 6. The summed E-state index contributed by atoms with van der Waals surface area (Å²) in [6.07, 6.45) is 9.37. The highest BCUT2D eigenvalue weighted by atomic mass is 16.5. The van der Waals surface area contributed by atoms with Crippen LogP contribution in [0.4, 0.5) is 0 Å². The van der Waals surface area contributed by atoms with Gasteiger partial charge in [-0.15, -0.1) is 0 Å². The monoisotopic (exact) mass is 297 g/mol. The summed E-state index contributed by atoms with van der Waals surface area (Å²) in [4.78, 5) is 12.2. The molecule has 0 saturated heterocycles. The van der Waals surface area contributed by atoms with Gasteiger partial charge in [-0.25, -0.2) is 0 Å². The zero-order chi connectivity index (χ0) is 15.3. The number of esters is 1. The maximum absolute atomic E-state index is 12.2. The Kier molecular flexibility index (Phi) is 6.06. The molecule has 0 radical (unpaired) electrons. The molecule has 21 heavy (non-hydrogen) atoms. The van der Waals surface area contributed by atoms with Gasteiger partial charge in [-0.05, 0) is 45.6 Å². The molecule has 2 fully saturated rings. The van der Waals surface area contributed by atoms with Crippen molar-refractivity contribution < 1.29 is 14.3 Å². The van der Waals surface area contributed by atoms with E-state index in [1.165, 1.54) is 32.1 Å². The lowest BCUT2D eigenvalue weighted by atomic mass is 9.85. The number of carbonyl (C=O) groups excluding carboxylic acids is 1. The van der Waals surface area contributed by atoms with E-state index in [1.807, 2.05) is 14.0 Å². The fourth-order valence-corrected chi connectivity index (χ4v) is 3.91. The Labute approximate surface area is 129 Å². The molecule has 0 amide bonds. The standard InChI is InChI=1S/C17H31NO3/c1-4-13-7-6-8-14(11-13)21-15-9-10-17(12-15,18-3)16(19)20-5-2/h13-15,18H,4-12H2,1-3H3. The van der Waals surface area contributed by atoms with Crippen LogP contribution < -0.4 is 5.32 Å². The summed E-state index contributed by atoms with van der Waals surface area (Å²) >= 11 is 0. The number of hydrogen-bond acceptors (Lipinski definition) is 4. The van der Waals surface area contributed by atoms with Gasteiger partial charge in [0.25, 0.3) is 0 Å². The van der Waals surface area contributed by atoms with E-state index in [1.54, 1.807) is 0 Å². The van der Waals surface area contributed by atoms with Crippen molar-refractivity contribution in [3.63, 3.8) is 0 Å². The first-order valence-electron chi connectivity index (χ1n) is 8.65. The van der Waals surface area contributed by atoms with E-state index in [4.69, 9.17) is 9.47 Å². The molecule has 1 N–H and O–H groups in total. The SMILES string of the molecule is CCOC(=O)C1(NC)CCC(OC2CCCC(CC)C2)C1. The molecule has 122 valence electrons. The molecule has 2 aliphatic rings. The molecule has 0 aromatic carbocycles. The number of carbonyl (C=O) groups is 1. The second kappa shape index (κ2) is 7.59. The summed E-state index contributed by atoms with van der Waals surface area (Å²) in [6, 6.07) is 0. The molecule has 4 heteroatoms. The summed E-state index contributed by atoms with van der Waals surface area (Å²) in [7, 11) is 1.85. The molecule has 0 heterocycles. The summed E-state index contributed by atoms with van der Waals surface area (Å²) in [6.45, 7) is 4.57. The Morgan fingerprint density at radius 2 is 2.05 bits per heavy atom. The van der Waals surface area contributed by atoms with E-state index in [9.17, 15) is 4.79 Å². The molecule has 4 unspecified atom stereocenters. The third kappa shape index (κ3) is 3.98. The Morgan fingerprint density at radius 3 is 2.71 bits per heavy atom. The quantitative estimate of drug-likeness (QED) is 0.766. The second-order valence-corrected chi connectivity index (χ2v) is 6.62. The lowest BCUT2D eigenvalue weighted by Crippen LogP contribution is -2.49. The first-order chi connectivity index (χ1) is 10.1. The third-order valence-corrected chi connectivity index (χ3v) is 5.31. The molecule has 4 atom stereocenters. The molecule has 2 rings (SSSR count). The van der Waals surface area contributed by atoms with Crippen LogP contribution in [0.15, 0.2) is 0 Å². The number of hydrogen-bond donors (Lipinski definition) is 1. The minimum atomic E-state index is -0.528. The molecule has 0 bridgehead atoms. The van der Waals surface area contributed by atoms with Crippen molar-refractivity contribution in [3.05, 3.63) is 0 Å². The summed E-state index contributed by atoms with van der Waals surface area (Å²) in [5.41, 5.74) is -0.528. The van der Waals surface area contributed by atoms with Crippen LogP contribution in [0, 0.1) is 5.92 Å². The van der Waals surface area contributed by atoms with E-state index in [0.29, 0.717) is 12.7 Å². The average molecular weight is 297 g/mol. The minimum absolute atomic E-state index is 0.117. The maximum atomic E-state index is 12.2. The van der Waals surface area contributed by atoms with Gasteiger partial charge in [0.1, 0.15) is 5.54 Å². The van der Waals surface area contributed by atoms with Gasteiger partial charge in [0.15, 0.2) is 0 Å². The van der Waals surface area contributed by atoms with Crippen LogP contribution in [-0.4, -0.2) is 37.4 Å². The summed E-state index contributed by atoms with van der Waals surface area (Å²) < 4.78 is 11.6. The van der Waals surface area contributed by atoms with Crippen molar-refractivity contribution in [1.82, 2.24) is 5.32 Å². The van der Waals surface area contributed by atoms with Gasteiger partial charge in [-0.1, -0.05) is 26.2 Å². The molecular formula is C17H31NO3. The van der Waals surface area contributed by atoms with Crippen molar-refractivity contribution in [2.75, 3.05) is 13.7 Å². The first-order valence-corrected chi connectivity index (χ1v) is 8.65. The van der Waals surface area contributed by atoms with Crippen LogP contribution in [0.3, 0.4) is 0 Å². The smallest absolute Gasteiger partial charge is 0.326 e. The van der Waals surface area contributed by atoms with E-state index in [0.717, 1.165) is 25.2 Å². The largest absolute Gasteiger partial charge is 0.465 e. The molecule has 0 aromatic heterocycles. The van der Waals surface area contributed by atoms with Gasteiger partial charge in [0.05, 0.1) is 18.8 Å². The molecule has 2 saturated carbocycles. The zero-order valence-corrected chi connectivity index (χ0v) is 13.8. The van der Waals surface area contributed by atoms with Crippen LogP contribution in [0.1, 0.15) is 65.2 Å². The van der Waals surface area contributed by atoms with Gasteiger partial charge in [-0.2, -0.15) is 0 Å². The van der Waals surface area contributed by atoms with Crippen LogP contribution >= 0.6 is 0 Å². The number of likely N-dealkylation sites (N-methyl/N-ethyl adjacent to an activating group) is 1. The minimum Gasteiger partial charge on any atom is -0.465 e.